The van der Waals surface area contributed by atoms with Crippen LogP contribution < -0.4 is 5.73 Å². The normalized spacial score (nSPS) is 23.8. The molecule has 0 saturated carbocycles. The van der Waals surface area contributed by atoms with E-state index in [1.807, 2.05) is 30.0 Å². The molecule has 96 valence electrons. The largest absolute Gasteiger partial charge is 0.440 e. The number of anilines is 1. The van der Waals surface area contributed by atoms with E-state index in [1.54, 1.807) is 0 Å². The second-order valence-electron chi connectivity index (χ2n) is 4.55. The Kier molecular flexibility index (Phi) is 3.18. The molecule has 2 atom stereocenters. The van der Waals surface area contributed by atoms with E-state index < -0.39 is 0 Å². The smallest absolute Gasteiger partial charge is 0.205 e. The maximum atomic E-state index is 5.72. The Morgan fingerprint density at radius 2 is 2.39 bits per heavy atom. The number of aromatic nitrogens is 1. The number of nitrogens with zero attached hydrogens (tertiary/aromatic N) is 1. The lowest BCUT2D eigenvalue weighted by Gasteiger charge is -2.11. The number of rotatable bonds is 3. The van der Waals surface area contributed by atoms with Gasteiger partial charge in [-0.05, 0) is 25.5 Å². The molecule has 2 unspecified atom stereocenters. The van der Waals surface area contributed by atoms with Gasteiger partial charge in [0.1, 0.15) is 5.52 Å². The summed E-state index contributed by atoms with van der Waals surface area (Å²) >= 11 is 1.85. The molecule has 1 saturated heterocycles. The van der Waals surface area contributed by atoms with Crippen LogP contribution in [0.1, 0.15) is 19.2 Å². The van der Waals surface area contributed by atoms with Gasteiger partial charge in [0.2, 0.25) is 5.89 Å². The third-order valence-electron chi connectivity index (χ3n) is 3.18. The van der Waals surface area contributed by atoms with Crippen LogP contribution in [0.2, 0.25) is 0 Å². The van der Waals surface area contributed by atoms with E-state index in [4.69, 9.17) is 14.9 Å². The summed E-state index contributed by atoms with van der Waals surface area (Å²) in [6.07, 6.45) is 1.44. The van der Waals surface area contributed by atoms with E-state index in [0.29, 0.717) is 17.0 Å². The molecule has 2 aromatic rings. The summed E-state index contributed by atoms with van der Waals surface area (Å²) in [6.45, 7) is 2.99. The minimum atomic E-state index is 0.329. The number of hydrogen-bond acceptors (Lipinski definition) is 5. The lowest BCUT2D eigenvalue weighted by Crippen LogP contribution is -2.13. The van der Waals surface area contributed by atoms with Crippen LogP contribution in [0, 0.1) is 0 Å². The zero-order chi connectivity index (χ0) is 12.5. The lowest BCUT2D eigenvalue weighted by atomic mass is 10.3. The number of nitrogens with two attached hydrogens (primary N) is 1. The van der Waals surface area contributed by atoms with Gasteiger partial charge >= 0.3 is 0 Å². The molecule has 5 heteroatoms. The van der Waals surface area contributed by atoms with Gasteiger partial charge in [-0.15, -0.1) is 11.8 Å². The summed E-state index contributed by atoms with van der Waals surface area (Å²) in [5.74, 6) is 1.55. The molecule has 0 amide bonds. The predicted molar refractivity (Wildman–Crippen MR) is 73.5 cm³/mol. The first-order chi connectivity index (χ1) is 8.72. The molecule has 1 aromatic carbocycles. The van der Waals surface area contributed by atoms with E-state index in [0.717, 1.165) is 35.8 Å². The Hall–Kier alpha value is -1.20. The van der Waals surface area contributed by atoms with Crippen molar-refractivity contribution in [2.24, 2.45) is 0 Å². The van der Waals surface area contributed by atoms with Crippen molar-refractivity contribution >= 4 is 28.5 Å². The third kappa shape index (κ3) is 2.33. The SMILES string of the molecule is CC1OCCC1SCc1nc2ccc(N)cc2o1. The molecule has 3 rings (SSSR count). The fourth-order valence-corrected chi connectivity index (χ4v) is 3.25. The van der Waals surface area contributed by atoms with Gasteiger partial charge in [0.15, 0.2) is 5.58 Å². The highest BCUT2D eigenvalue weighted by Gasteiger charge is 2.25. The van der Waals surface area contributed by atoms with E-state index in [2.05, 4.69) is 11.9 Å². The van der Waals surface area contributed by atoms with Crippen LogP contribution in [0.25, 0.3) is 11.1 Å². The topological polar surface area (TPSA) is 61.3 Å². The number of fused-ring (bicyclic) bond motifs is 1. The van der Waals surface area contributed by atoms with Gasteiger partial charge in [-0.25, -0.2) is 4.98 Å². The molecule has 1 aliphatic heterocycles. The molecule has 1 aliphatic rings. The van der Waals surface area contributed by atoms with Crippen molar-refractivity contribution in [1.82, 2.24) is 4.98 Å². The maximum Gasteiger partial charge on any atom is 0.205 e. The first kappa shape index (κ1) is 11.9. The van der Waals surface area contributed by atoms with Crippen molar-refractivity contribution in [2.75, 3.05) is 12.3 Å². The fraction of sp³-hybridized carbons (Fsp3) is 0.462. The molecule has 0 bridgehead atoms. The minimum Gasteiger partial charge on any atom is -0.440 e. The number of nitrogen functional groups attached to an aromatic ring is 1. The third-order valence-corrected chi connectivity index (χ3v) is 4.65. The van der Waals surface area contributed by atoms with E-state index in [1.165, 1.54) is 0 Å². The van der Waals surface area contributed by atoms with E-state index in [-0.39, 0.29) is 0 Å². The van der Waals surface area contributed by atoms with Crippen LogP contribution in [-0.2, 0) is 10.5 Å². The Bertz CT molecular complexity index is 555. The van der Waals surface area contributed by atoms with Gasteiger partial charge in [-0.2, -0.15) is 0 Å². The number of hydrogen-bond donors (Lipinski definition) is 1. The predicted octanol–water partition coefficient (Wildman–Crippen LogP) is 2.82. The van der Waals surface area contributed by atoms with Crippen LogP contribution in [0.15, 0.2) is 22.6 Å². The van der Waals surface area contributed by atoms with Crippen molar-refractivity contribution in [2.45, 2.75) is 30.5 Å². The molecule has 18 heavy (non-hydrogen) atoms. The number of benzene rings is 1. The summed E-state index contributed by atoms with van der Waals surface area (Å²) < 4.78 is 11.2. The van der Waals surface area contributed by atoms with Crippen LogP contribution in [0.4, 0.5) is 5.69 Å². The fourth-order valence-electron chi connectivity index (χ4n) is 2.16. The number of ether oxygens (including phenoxy) is 1. The van der Waals surface area contributed by atoms with Gasteiger partial charge in [0.05, 0.1) is 11.9 Å². The second-order valence-corrected chi connectivity index (χ2v) is 5.78. The maximum absolute atomic E-state index is 5.72. The summed E-state index contributed by atoms with van der Waals surface area (Å²) in [5.41, 5.74) is 8.06. The van der Waals surface area contributed by atoms with Crippen LogP contribution in [0.5, 0.6) is 0 Å². The second kappa shape index (κ2) is 4.82. The molecular formula is C13H16N2O2S. The first-order valence-corrected chi connectivity index (χ1v) is 7.15. The average molecular weight is 264 g/mol. The molecule has 0 radical (unpaired) electrons. The van der Waals surface area contributed by atoms with Crippen molar-refractivity contribution in [3.8, 4) is 0 Å². The van der Waals surface area contributed by atoms with Gasteiger partial charge in [-0.1, -0.05) is 0 Å². The first-order valence-electron chi connectivity index (χ1n) is 6.10. The van der Waals surface area contributed by atoms with Crippen LogP contribution in [0.3, 0.4) is 0 Å². The highest BCUT2D eigenvalue weighted by Crippen LogP contribution is 2.29. The van der Waals surface area contributed by atoms with Crippen LogP contribution >= 0.6 is 11.8 Å². The summed E-state index contributed by atoms with van der Waals surface area (Å²) in [6, 6.07) is 5.55. The highest BCUT2D eigenvalue weighted by molar-refractivity contribution is 7.99. The zero-order valence-electron chi connectivity index (χ0n) is 10.3. The van der Waals surface area contributed by atoms with Gasteiger partial charge < -0.3 is 14.9 Å². The highest BCUT2D eigenvalue weighted by atomic mass is 32.2. The summed E-state index contributed by atoms with van der Waals surface area (Å²) in [4.78, 5) is 4.46. The standard InChI is InChI=1S/C13H16N2O2S/c1-8-12(4-5-16-8)18-7-13-15-10-3-2-9(14)6-11(10)17-13/h2-3,6,8,12H,4-5,7,14H2,1H3. The summed E-state index contributed by atoms with van der Waals surface area (Å²) in [7, 11) is 0. The van der Waals surface area contributed by atoms with Gasteiger partial charge in [0.25, 0.3) is 0 Å². The van der Waals surface area contributed by atoms with Gasteiger partial charge in [-0.3, -0.25) is 0 Å². The molecule has 0 spiro atoms. The number of thioether (sulfide) groups is 1. The minimum absolute atomic E-state index is 0.329. The Balaban J connectivity index is 1.71. The number of oxazole rings is 1. The molecule has 1 fully saturated rings. The molecule has 2 N–H and O–H groups in total. The molecule has 4 nitrogen and oxygen atoms in total. The molecule has 2 heterocycles. The molecular weight excluding hydrogens is 248 g/mol. The van der Waals surface area contributed by atoms with Gasteiger partial charge in [0, 0.05) is 23.6 Å². The Morgan fingerprint density at radius 1 is 1.50 bits per heavy atom. The molecule has 0 aliphatic carbocycles. The molecule has 1 aromatic heterocycles. The van der Waals surface area contributed by atoms with E-state index in [9.17, 15) is 0 Å². The Labute approximate surface area is 110 Å². The van der Waals surface area contributed by atoms with Crippen molar-refractivity contribution in [3.05, 3.63) is 24.1 Å². The lowest BCUT2D eigenvalue weighted by molar-refractivity contribution is 0.127. The quantitative estimate of drug-likeness (QED) is 0.864. The van der Waals surface area contributed by atoms with Crippen molar-refractivity contribution in [3.63, 3.8) is 0 Å². The Morgan fingerprint density at radius 3 is 3.17 bits per heavy atom. The zero-order valence-corrected chi connectivity index (χ0v) is 11.1. The van der Waals surface area contributed by atoms with E-state index >= 15 is 0 Å². The summed E-state index contributed by atoms with van der Waals surface area (Å²) in [5, 5.41) is 0.546. The average Bonchev–Trinajstić information content (AvgIpc) is 2.92. The monoisotopic (exact) mass is 264 g/mol. The van der Waals surface area contributed by atoms with Crippen LogP contribution in [-0.4, -0.2) is 22.9 Å². The van der Waals surface area contributed by atoms with Crippen molar-refractivity contribution < 1.29 is 9.15 Å². The van der Waals surface area contributed by atoms with Crippen molar-refractivity contribution in [1.29, 1.82) is 0 Å².